The number of anilines is 1. The number of hydrogen-bond acceptors (Lipinski definition) is 6. The Labute approximate surface area is 164 Å². The van der Waals surface area contributed by atoms with Gasteiger partial charge in [0.1, 0.15) is 5.69 Å². The van der Waals surface area contributed by atoms with Gasteiger partial charge in [-0.3, -0.25) is 14.9 Å². The summed E-state index contributed by atoms with van der Waals surface area (Å²) in [7, 11) is -2.30. The first-order chi connectivity index (χ1) is 13.3. The third kappa shape index (κ3) is 4.12. The van der Waals surface area contributed by atoms with Gasteiger partial charge < -0.3 is 10.2 Å². The van der Waals surface area contributed by atoms with E-state index in [-0.39, 0.29) is 41.2 Å². The lowest BCUT2D eigenvalue weighted by molar-refractivity contribution is -0.384. The van der Waals surface area contributed by atoms with Crippen molar-refractivity contribution >= 4 is 27.3 Å². The molecule has 9 nitrogen and oxygen atoms in total. The fourth-order valence-corrected chi connectivity index (χ4v) is 5.39. The highest BCUT2D eigenvalue weighted by atomic mass is 32.2. The van der Waals surface area contributed by atoms with E-state index in [1.54, 1.807) is 7.05 Å². The summed E-state index contributed by atoms with van der Waals surface area (Å²) in [4.78, 5) is 25.1. The number of nitrogens with zero attached hydrogens (tertiary/aromatic N) is 3. The van der Waals surface area contributed by atoms with Gasteiger partial charge in [-0.25, -0.2) is 8.42 Å². The molecule has 3 rings (SSSR count). The monoisotopic (exact) mass is 410 g/mol. The topological polar surface area (TPSA) is 113 Å². The molecule has 10 heteroatoms. The smallest absolute Gasteiger partial charge is 0.293 e. The minimum Gasteiger partial charge on any atom is -0.383 e. The van der Waals surface area contributed by atoms with Crippen molar-refractivity contribution < 1.29 is 18.1 Å². The van der Waals surface area contributed by atoms with Gasteiger partial charge in [-0.2, -0.15) is 4.31 Å². The summed E-state index contributed by atoms with van der Waals surface area (Å²) in [6.07, 6.45) is 4.16. The van der Waals surface area contributed by atoms with E-state index in [1.165, 1.54) is 16.4 Å². The Morgan fingerprint density at radius 2 is 1.79 bits per heavy atom. The second-order valence-corrected chi connectivity index (χ2v) is 9.19. The summed E-state index contributed by atoms with van der Waals surface area (Å²) in [6.45, 7) is 2.07. The summed E-state index contributed by atoms with van der Waals surface area (Å²) in [6, 6.07) is 3.86. The van der Waals surface area contributed by atoms with Crippen LogP contribution in [0.25, 0.3) is 0 Å². The van der Waals surface area contributed by atoms with Gasteiger partial charge in [0.25, 0.3) is 5.69 Å². The number of nitro benzene ring substituents is 1. The van der Waals surface area contributed by atoms with Crippen molar-refractivity contribution in [3.63, 3.8) is 0 Å². The maximum Gasteiger partial charge on any atom is 0.293 e. The minimum atomic E-state index is -3.84. The molecule has 1 aromatic carbocycles. The van der Waals surface area contributed by atoms with E-state index in [1.807, 2.05) is 4.90 Å². The zero-order chi connectivity index (χ0) is 20.3. The molecule has 2 aliphatic heterocycles. The van der Waals surface area contributed by atoms with Gasteiger partial charge in [0.2, 0.25) is 15.9 Å². The summed E-state index contributed by atoms with van der Waals surface area (Å²) in [5, 5.41) is 13.9. The highest BCUT2D eigenvalue weighted by Crippen LogP contribution is 2.31. The second-order valence-electron chi connectivity index (χ2n) is 7.25. The van der Waals surface area contributed by atoms with Gasteiger partial charge in [0.15, 0.2) is 0 Å². The molecule has 1 amide bonds. The number of carbonyl (C=O) groups excluding carboxylic acids is 1. The molecule has 2 saturated heterocycles. The lowest BCUT2D eigenvalue weighted by Gasteiger charge is -2.35. The van der Waals surface area contributed by atoms with Gasteiger partial charge in [0, 0.05) is 45.2 Å². The van der Waals surface area contributed by atoms with Crippen LogP contribution in [0.5, 0.6) is 0 Å². The number of sulfonamides is 1. The van der Waals surface area contributed by atoms with Crippen LogP contribution < -0.4 is 5.32 Å². The van der Waals surface area contributed by atoms with Crippen LogP contribution in [0.3, 0.4) is 0 Å². The second kappa shape index (κ2) is 8.44. The highest BCUT2D eigenvalue weighted by Gasteiger charge is 2.34. The van der Waals surface area contributed by atoms with Crippen molar-refractivity contribution in [3.8, 4) is 0 Å². The van der Waals surface area contributed by atoms with Crippen LogP contribution in [0.15, 0.2) is 23.1 Å². The fraction of sp³-hybridized carbons (Fsp3) is 0.611. The number of nitro groups is 1. The molecule has 2 heterocycles. The molecule has 1 N–H and O–H groups in total. The highest BCUT2D eigenvalue weighted by molar-refractivity contribution is 7.89. The summed E-state index contributed by atoms with van der Waals surface area (Å²) < 4.78 is 27.2. The Bertz CT molecular complexity index is 844. The molecule has 0 unspecified atom stereocenters. The van der Waals surface area contributed by atoms with Crippen LogP contribution in [-0.2, 0) is 14.8 Å². The van der Waals surface area contributed by atoms with Gasteiger partial charge in [-0.05, 0) is 44.2 Å². The number of carbonyl (C=O) groups is 1. The number of hydrogen-bond donors (Lipinski definition) is 1. The number of rotatable bonds is 5. The Balaban J connectivity index is 1.70. The van der Waals surface area contributed by atoms with Crippen molar-refractivity contribution in [3.05, 3.63) is 28.3 Å². The van der Waals surface area contributed by atoms with Crippen LogP contribution in [0, 0.1) is 16.0 Å². The van der Waals surface area contributed by atoms with Crippen LogP contribution in [-0.4, -0.2) is 61.7 Å². The van der Waals surface area contributed by atoms with E-state index in [0.29, 0.717) is 12.8 Å². The summed E-state index contributed by atoms with van der Waals surface area (Å²) in [5.41, 5.74) is -0.0199. The Kier molecular flexibility index (Phi) is 6.19. The lowest BCUT2D eigenvalue weighted by Crippen LogP contribution is -2.45. The van der Waals surface area contributed by atoms with Crippen molar-refractivity contribution in [1.29, 1.82) is 0 Å². The van der Waals surface area contributed by atoms with E-state index in [9.17, 15) is 23.3 Å². The minimum absolute atomic E-state index is 0.0981. The predicted octanol–water partition coefficient (Wildman–Crippen LogP) is 2.05. The molecule has 0 aromatic heterocycles. The number of nitrogens with one attached hydrogen (secondary N) is 1. The zero-order valence-corrected chi connectivity index (χ0v) is 16.8. The predicted molar refractivity (Wildman–Crippen MR) is 105 cm³/mol. The molecule has 0 spiro atoms. The Morgan fingerprint density at radius 3 is 2.36 bits per heavy atom. The van der Waals surface area contributed by atoms with Crippen molar-refractivity contribution in [2.75, 3.05) is 38.5 Å². The SMILES string of the molecule is CNc1ccc(S(=O)(=O)N2CCC(C(=O)N3CCCCC3)CC2)cc1[N+](=O)[O-]. The standard InChI is InChI=1S/C18H26N4O5S/c1-19-16-6-5-15(13-17(16)22(24)25)28(26,27)21-11-7-14(8-12-21)18(23)20-9-3-2-4-10-20/h5-6,13-14,19H,2-4,7-12H2,1H3. The van der Waals surface area contributed by atoms with Gasteiger partial charge in [-0.15, -0.1) is 0 Å². The average molecular weight is 410 g/mol. The quantitative estimate of drug-likeness (QED) is 0.587. The van der Waals surface area contributed by atoms with E-state index in [2.05, 4.69) is 5.32 Å². The van der Waals surface area contributed by atoms with Crippen LogP contribution in [0.4, 0.5) is 11.4 Å². The van der Waals surface area contributed by atoms with E-state index in [4.69, 9.17) is 0 Å². The first-order valence-corrected chi connectivity index (χ1v) is 11.0. The van der Waals surface area contributed by atoms with Gasteiger partial charge in [-0.1, -0.05) is 0 Å². The average Bonchev–Trinajstić information content (AvgIpc) is 2.73. The van der Waals surface area contributed by atoms with Crippen LogP contribution in [0.2, 0.25) is 0 Å². The van der Waals surface area contributed by atoms with Crippen LogP contribution in [0.1, 0.15) is 32.1 Å². The molecule has 0 bridgehead atoms. The van der Waals surface area contributed by atoms with Gasteiger partial charge in [0.05, 0.1) is 9.82 Å². The molecular formula is C18H26N4O5S. The molecule has 2 aliphatic rings. The van der Waals surface area contributed by atoms with Gasteiger partial charge >= 0.3 is 0 Å². The molecule has 0 saturated carbocycles. The molecule has 2 fully saturated rings. The fourth-order valence-electron chi connectivity index (χ4n) is 3.90. The lowest BCUT2D eigenvalue weighted by atomic mass is 9.95. The first-order valence-electron chi connectivity index (χ1n) is 9.59. The molecule has 0 radical (unpaired) electrons. The molecule has 154 valence electrons. The van der Waals surface area contributed by atoms with E-state index < -0.39 is 14.9 Å². The summed E-state index contributed by atoms with van der Waals surface area (Å²) in [5.74, 6) is -0.0173. The number of amides is 1. The van der Waals surface area contributed by atoms with E-state index in [0.717, 1.165) is 38.4 Å². The maximum atomic E-state index is 12.9. The molecule has 28 heavy (non-hydrogen) atoms. The van der Waals surface area contributed by atoms with Crippen LogP contribution >= 0.6 is 0 Å². The number of piperidine rings is 2. The Morgan fingerprint density at radius 1 is 1.14 bits per heavy atom. The maximum absolute atomic E-state index is 12.9. The number of likely N-dealkylation sites (tertiary alicyclic amines) is 1. The zero-order valence-electron chi connectivity index (χ0n) is 16.0. The first kappa shape index (κ1) is 20.5. The van der Waals surface area contributed by atoms with Crippen molar-refractivity contribution in [2.24, 2.45) is 5.92 Å². The van der Waals surface area contributed by atoms with E-state index >= 15 is 0 Å². The molecular weight excluding hydrogens is 384 g/mol. The van der Waals surface area contributed by atoms with Crippen molar-refractivity contribution in [2.45, 2.75) is 37.0 Å². The largest absolute Gasteiger partial charge is 0.383 e. The molecule has 0 atom stereocenters. The molecule has 1 aromatic rings. The summed E-state index contributed by atoms with van der Waals surface area (Å²) >= 11 is 0. The third-order valence-electron chi connectivity index (χ3n) is 5.54. The molecule has 0 aliphatic carbocycles. The third-order valence-corrected chi connectivity index (χ3v) is 7.44. The normalized spacial score (nSPS) is 19.4. The number of benzene rings is 1. The Hall–Kier alpha value is -2.20. The van der Waals surface area contributed by atoms with Crippen molar-refractivity contribution in [1.82, 2.24) is 9.21 Å².